The minimum atomic E-state index is -1.04. The standard InChI is InChI=1S/C13H23NO3S/c1-13(2,3)10(12(16)17)11(15)14-8-5-6-9(7-8)18-4/h8-10H,5-7H2,1-4H3,(H,14,15)(H,16,17). The largest absolute Gasteiger partial charge is 0.481 e. The summed E-state index contributed by atoms with van der Waals surface area (Å²) in [7, 11) is 0. The Morgan fingerprint density at radius 2 is 1.94 bits per heavy atom. The number of hydrogen-bond acceptors (Lipinski definition) is 3. The van der Waals surface area contributed by atoms with E-state index in [0.29, 0.717) is 5.25 Å². The van der Waals surface area contributed by atoms with Crippen molar-refractivity contribution in [2.24, 2.45) is 11.3 Å². The number of rotatable bonds is 4. The molecule has 1 aliphatic carbocycles. The highest BCUT2D eigenvalue weighted by Crippen LogP contribution is 2.30. The van der Waals surface area contributed by atoms with Gasteiger partial charge >= 0.3 is 5.97 Å². The van der Waals surface area contributed by atoms with Gasteiger partial charge in [0.15, 0.2) is 0 Å². The molecule has 0 saturated heterocycles. The lowest BCUT2D eigenvalue weighted by Gasteiger charge is -2.27. The maximum Gasteiger partial charge on any atom is 0.316 e. The zero-order chi connectivity index (χ0) is 13.9. The van der Waals surface area contributed by atoms with E-state index in [-0.39, 0.29) is 11.9 Å². The van der Waals surface area contributed by atoms with Crippen LogP contribution in [0.5, 0.6) is 0 Å². The first-order valence-electron chi connectivity index (χ1n) is 6.31. The Hall–Kier alpha value is -0.710. The molecule has 0 aromatic carbocycles. The normalized spacial score (nSPS) is 25.8. The third-order valence-corrected chi connectivity index (χ3v) is 4.53. The second-order valence-corrected chi connectivity index (χ2v) is 7.15. The van der Waals surface area contributed by atoms with Gasteiger partial charge in [-0.2, -0.15) is 11.8 Å². The predicted octanol–water partition coefficient (Wildman–Crippen LogP) is 2.13. The van der Waals surface area contributed by atoms with E-state index < -0.39 is 17.3 Å². The number of nitrogens with one attached hydrogen (secondary N) is 1. The molecule has 0 spiro atoms. The maximum atomic E-state index is 12.1. The average Bonchev–Trinajstić information content (AvgIpc) is 2.62. The Bertz CT molecular complexity index is 325. The fraction of sp³-hybridized carbons (Fsp3) is 0.846. The summed E-state index contributed by atoms with van der Waals surface area (Å²) in [5, 5.41) is 12.7. The zero-order valence-electron chi connectivity index (χ0n) is 11.5. The van der Waals surface area contributed by atoms with Crippen molar-refractivity contribution in [3.05, 3.63) is 0 Å². The summed E-state index contributed by atoms with van der Waals surface area (Å²) in [5.74, 6) is -2.37. The number of carboxylic acids is 1. The lowest BCUT2D eigenvalue weighted by molar-refractivity contribution is -0.151. The average molecular weight is 273 g/mol. The smallest absolute Gasteiger partial charge is 0.316 e. The van der Waals surface area contributed by atoms with Crippen LogP contribution in [0.4, 0.5) is 0 Å². The minimum absolute atomic E-state index is 0.138. The molecule has 0 bridgehead atoms. The molecule has 1 fully saturated rings. The van der Waals surface area contributed by atoms with Crippen LogP contribution in [0.2, 0.25) is 0 Å². The van der Waals surface area contributed by atoms with Gasteiger partial charge in [0.05, 0.1) is 0 Å². The van der Waals surface area contributed by atoms with Gasteiger partial charge in [-0.1, -0.05) is 20.8 Å². The van der Waals surface area contributed by atoms with Crippen molar-refractivity contribution in [1.29, 1.82) is 0 Å². The predicted molar refractivity (Wildman–Crippen MR) is 73.7 cm³/mol. The van der Waals surface area contributed by atoms with E-state index in [1.165, 1.54) is 0 Å². The van der Waals surface area contributed by atoms with Crippen LogP contribution < -0.4 is 5.32 Å². The van der Waals surface area contributed by atoms with Crippen molar-refractivity contribution in [2.45, 2.75) is 51.3 Å². The molecule has 0 aromatic rings. The molecular weight excluding hydrogens is 250 g/mol. The van der Waals surface area contributed by atoms with Crippen LogP contribution in [0.25, 0.3) is 0 Å². The molecule has 1 aliphatic rings. The zero-order valence-corrected chi connectivity index (χ0v) is 12.3. The molecule has 0 aliphatic heterocycles. The SMILES string of the molecule is CSC1CCC(NC(=O)C(C(=O)O)C(C)(C)C)C1. The summed E-state index contributed by atoms with van der Waals surface area (Å²) in [6.07, 6.45) is 5.07. The molecule has 2 N–H and O–H groups in total. The number of hydrogen-bond donors (Lipinski definition) is 2. The molecule has 1 amide bonds. The molecule has 1 saturated carbocycles. The summed E-state index contributed by atoms with van der Waals surface area (Å²) >= 11 is 1.82. The summed E-state index contributed by atoms with van der Waals surface area (Å²) in [4.78, 5) is 23.3. The molecule has 3 atom stereocenters. The number of carboxylic acid groups (broad SMARTS) is 1. The van der Waals surface area contributed by atoms with E-state index in [4.69, 9.17) is 0 Å². The fourth-order valence-corrected chi connectivity index (χ4v) is 3.24. The van der Waals surface area contributed by atoms with Gasteiger partial charge in [0.25, 0.3) is 0 Å². The first-order chi connectivity index (χ1) is 8.25. The van der Waals surface area contributed by atoms with E-state index >= 15 is 0 Å². The van der Waals surface area contributed by atoms with Gasteiger partial charge in [-0.3, -0.25) is 9.59 Å². The molecule has 1 rings (SSSR count). The number of carbonyl (C=O) groups is 2. The summed E-state index contributed by atoms with van der Waals surface area (Å²) in [6, 6.07) is 0.138. The van der Waals surface area contributed by atoms with Crippen LogP contribution >= 0.6 is 11.8 Å². The van der Waals surface area contributed by atoms with Gasteiger partial charge in [0.1, 0.15) is 5.92 Å². The van der Waals surface area contributed by atoms with Crippen molar-refractivity contribution in [3.8, 4) is 0 Å². The Balaban J connectivity index is 2.61. The van der Waals surface area contributed by atoms with Gasteiger partial charge in [-0.25, -0.2) is 0 Å². The maximum absolute atomic E-state index is 12.1. The Labute approximate surface area is 113 Å². The second-order valence-electron chi connectivity index (χ2n) is 6.01. The van der Waals surface area contributed by atoms with Gasteiger partial charge in [0, 0.05) is 11.3 Å². The van der Waals surface area contributed by atoms with Crippen LogP contribution in [-0.4, -0.2) is 34.5 Å². The second kappa shape index (κ2) is 5.95. The van der Waals surface area contributed by atoms with Crippen LogP contribution in [0, 0.1) is 11.3 Å². The van der Waals surface area contributed by atoms with Gasteiger partial charge in [-0.05, 0) is 30.9 Å². The van der Waals surface area contributed by atoms with E-state index in [0.717, 1.165) is 19.3 Å². The Morgan fingerprint density at radius 1 is 1.33 bits per heavy atom. The van der Waals surface area contributed by atoms with Crippen molar-refractivity contribution in [3.63, 3.8) is 0 Å². The summed E-state index contributed by atoms with van der Waals surface area (Å²) < 4.78 is 0. The third-order valence-electron chi connectivity index (χ3n) is 3.44. The highest BCUT2D eigenvalue weighted by molar-refractivity contribution is 7.99. The Morgan fingerprint density at radius 3 is 2.33 bits per heavy atom. The lowest BCUT2D eigenvalue weighted by atomic mass is 9.80. The van der Waals surface area contributed by atoms with Crippen LogP contribution in [-0.2, 0) is 9.59 Å². The van der Waals surface area contributed by atoms with Gasteiger partial charge < -0.3 is 10.4 Å². The topological polar surface area (TPSA) is 66.4 Å². The molecule has 18 heavy (non-hydrogen) atoms. The highest BCUT2D eigenvalue weighted by Gasteiger charge is 2.39. The molecule has 0 aromatic heterocycles. The number of carbonyl (C=O) groups excluding carboxylic acids is 1. The van der Waals surface area contributed by atoms with Gasteiger partial charge in [-0.15, -0.1) is 0 Å². The van der Waals surface area contributed by atoms with Crippen molar-refractivity contribution >= 4 is 23.6 Å². The van der Waals surface area contributed by atoms with Crippen LogP contribution in [0.3, 0.4) is 0 Å². The Kier molecular flexibility index (Phi) is 5.08. The molecular formula is C13H23NO3S. The number of amides is 1. The quantitative estimate of drug-likeness (QED) is 0.770. The lowest BCUT2D eigenvalue weighted by Crippen LogP contribution is -2.45. The number of thioether (sulfide) groups is 1. The summed E-state index contributed by atoms with van der Waals surface area (Å²) in [5.41, 5.74) is -0.562. The van der Waals surface area contributed by atoms with E-state index in [1.807, 2.05) is 11.8 Å². The molecule has 5 heteroatoms. The first kappa shape index (κ1) is 15.3. The van der Waals surface area contributed by atoms with Crippen LogP contribution in [0.15, 0.2) is 0 Å². The third kappa shape index (κ3) is 3.90. The molecule has 104 valence electrons. The van der Waals surface area contributed by atoms with Crippen LogP contribution in [0.1, 0.15) is 40.0 Å². The minimum Gasteiger partial charge on any atom is -0.481 e. The fourth-order valence-electron chi connectivity index (χ4n) is 2.45. The summed E-state index contributed by atoms with van der Waals surface area (Å²) in [6.45, 7) is 5.35. The molecule has 0 radical (unpaired) electrons. The monoisotopic (exact) mass is 273 g/mol. The highest BCUT2D eigenvalue weighted by atomic mass is 32.2. The van der Waals surface area contributed by atoms with E-state index in [9.17, 15) is 14.7 Å². The van der Waals surface area contributed by atoms with Crippen molar-refractivity contribution in [2.75, 3.05) is 6.26 Å². The molecule has 4 nitrogen and oxygen atoms in total. The van der Waals surface area contributed by atoms with E-state index in [1.54, 1.807) is 20.8 Å². The van der Waals surface area contributed by atoms with E-state index in [2.05, 4.69) is 11.6 Å². The number of aliphatic carboxylic acids is 1. The molecule has 3 unspecified atom stereocenters. The van der Waals surface area contributed by atoms with Crippen molar-refractivity contribution < 1.29 is 14.7 Å². The van der Waals surface area contributed by atoms with Crippen molar-refractivity contribution in [1.82, 2.24) is 5.32 Å². The molecule has 0 heterocycles. The van der Waals surface area contributed by atoms with Gasteiger partial charge in [0.2, 0.25) is 5.91 Å². The first-order valence-corrected chi connectivity index (χ1v) is 7.60.